The van der Waals surface area contributed by atoms with Crippen LogP contribution in [0.2, 0.25) is 0 Å². The molecule has 1 amide bonds. The number of H-pyrrole nitrogens is 1. The number of ketones is 1. The van der Waals surface area contributed by atoms with E-state index in [1.165, 1.54) is 0 Å². The van der Waals surface area contributed by atoms with E-state index in [2.05, 4.69) is 37.0 Å². The Hall–Kier alpha value is -3.85. The van der Waals surface area contributed by atoms with Gasteiger partial charge in [-0.25, -0.2) is 4.79 Å². The van der Waals surface area contributed by atoms with E-state index < -0.39 is 11.0 Å². The molecule has 6 heteroatoms. The van der Waals surface area contributed by atoms with Crippen LogP contribution in [0.3, 0.4) is 0 Å². The van der Waals surface area contributed by atoms with Crippen LogP contribution in [-0.2, 0) is 10.2 Å². The molecule has 178 valence electrons. The number of carbonyl (C=O) groups excluding carboxylic acids is 2. The fourth-order valence-electron chi connectivity index (χ4n) is 5.14. The average molecular weight is 468 g/mol. The number of carbonyl (C=O) groups is 2. The lowest BCUT2D eigenvalue weighted by molar-refractivity contribution is 0.0270. The van der Waals surface area contributed by atoms with Crippen LogP contribution in [0.1, 0.15) is 79.3 Å². The number of rotatable bonds is 1. The number of aromatic nitrogens is 1. The first kappa shape index (κ1) is 22.9. The molecule has 0 radical (unpaired) electrons. The summed E-state index contributed by atoms with van der Waals surface area (Å²) in [6, 6.07) is 13.7. The van der Waals surface area contributed by atoms with Gasteiger partial charge in [-0.05, 0) is 62.1 Å². The number of benzene rings is 2. The summed E-state index contributed by atoms with van der Waals surface area (Å²) in [6.45, 7) is 10.9. The second-order valence-electron chi connectivity index (χ2n) is 10.9. The van der Waals surface area contributed by atoms with E-state index in [4.69, 9.17) is 4.74 Å². The Morgan fingerprint density at radius 2 is 1.94 bits per heavy atom. The van der Waals surface area contributed by atoms with Crippen molar-refractivity contribution < 1.29 is 14.3 Å². The summed E-state index contributed by atoms with van der Waals surface area (Å²) < 4.78 is 5.50. The number of fused-ring (bicyclic) bond motifs is 4. The quantitative estimate of drug-likeness (QED) is 0.480. The largest absolute Gasteiger partial charge is 0.444 e. The molecule has 1 aromatic heterocycles. The lowest BCUT2D eigenvalue weighted by atomic mass is 9.70. The van der Waals surface area contributed by atoms with Crippen molar-refractivity contribution in [2.24, 2.45) is 0 Å². The summed E-state index contributed by atoms with van der Waals surface area (Å²) in [5.41, 5.74) is 5.85. The van der Waals surface area contributed by atoms with Crippen molar-refractivity contribution in [2.75, 3.05) is 13.1 Å². The molecule has 3 aromatic rings. The number of aromatic amines is 1. The second-order valence-corrected chi connectivity index (χ2v) is 10.9. The lowest BCUT2D eigenvalue weighted by Crippen LogP contribution is -2.39. The van der Waals surface area contributed by atoms with Gasteiger partial charge in [-0.15, -0.1) is 0 Å². The third-order valence-corrected chi connectivity index (χ3v) is 6.95. The predicted molar refractivity (Wildman–Crippen MR) is 135 cm³/mol. The first-order valence-electron chi connectivity index (χ1n) is 11.9. The van der Waals surface area contributed by atoms with Crippen molar-refractivity contribution in [3.63, 3.8) is 0 Å². The topological polar surface area (TPSA) is 86.2 Å². The number of nitrogens with one attached hydrogen (secondary N) is 1. The molecule has 0 bridgehead atoms. The van der Waals surface area contributed by atoms with E-state index in [-0.39, 0.29) is 11.9 Å². The summed E-state index contributed by atoms with van der Waals surface area (Å²) >= 11 is 0. The van der Waals surface area contributed by atoms with Crippen molar-refractivity contribution in [3.8, 4) is 6.07 Å². The molecule has 0 atom stereocenters. The molecule has 2 aromatic carbocycles. The highest BCUT2D eigenvalue weighted by atomic mass is 16.6. The highest BCUT2D eigenvalue weighted by Crippen LogP contribution is 2.44. The summed E-state index contributed by atoms with van der Waals surface area (Å²) in [7, 11) is 0. The molecule has 2 aliphatic rings. The fraction of sp³-hybridized carbons (Fsp3) is 0.345. The van der Waals surface area contributed by atoms with Gasteiger partial charge in [0.2, 0.25) is 0 Å². The molecular formula is C29H29N3O3. The molecule has 0 spiro atoms. The summed E-state index contributed by atoms with van der Waals surface area (Å²) in [6.07, 6.45) is 2.44. The van der Waals surface area contributed by atoms with Crippen LogP contribution in [0.5, 0.6) is 0 Å². The predicted octanol–water partition coefficient (Wildman–Crippen LogP) is 5.93. The minimum absolute atomic E-state index is 0.000997. The van der Waals surface area contributed by atoms with Gasteiger partial charge < -0.3 is 14.6 Å². The maximum Gasteiger partial charge on any atom is 0.410 e. The van der Waals surface area contributed by atoms with E-state index in [9.17, 15) is 14.9 Å². The Balaban J connectivity index is 1.50. The summed E-state index contributed by atoms with van der Waals surface area (Å²) in [4.78, 5) is 31.3. The maximum atomic E-state index is 13.8. The second kappa shape index (κ2) is 7.84. The number of nitrogens with zero attached hydrogens (tertiary/aromatic N) is 2. The van der Waals surface area contributed by atoms with Crippen LogP contribution in [0.15, 0.2) is 42.5 Å². The first-order valence-corrected chi connectivity index (χ1v) is 11.9. The number of nitriles is 1. The van der Waals surface area contributed by atoms with Gasteiger partial charge in [-0.2, -0.15) is 5.26 Å². The van der Waals surface area contributed by atoms with Crippen LogP contribution in [0.4, 0.5) is 4.79 Å². The van der Waals surface area contributed by atoms with Gasteiger partial charge in [0, 0.05) is 40.7 Å². The van der Waals surface area contributed by atoms with E-state index in [1.54, 1.807) is 17.0 Å². The van der Waals surface area contributed by atoms with Crippen LogP contribution in [0, 0.1) is 11.3 Å². The number of ether oxygens (including phenoxy) is 1. The molecule has 1 aliphatic carbocycles. The zero-order valence-electron chi connectivity index (χ0n) is 20.8. The Bertz CT molecular complexity index is 1460. The number of amides is 1. The monoisotopic (exact) mass is 467 g/mol. The minimum atomic E-state index is -0.524. The molecular weight excluding hydrogens is 438 g/mol. The van der Waals surface area contributed by atoms with Crippen molar-refractivity contribution in [1.29, 1.82) is 5.26 Å². The third kappa shape index (κ3) is 3.81. The van der Waals surface area contributed by atoms with Gasteiger partial charge in [0.05, 0.1) is 17.2 Å². The Morgan fingerprint density at radius 1 is 1.17 bits per heavy atom. The van der Waals surface area contributed by atoms with Crippen molar-refractivity contribution in [1.82, 2.24) is 9.88 Å². The van der Waals surface area contributed by atoms with Gasteiger partial charge in [0.25, 0.3) is 0 Å². The molecule has 0 saturated carbocycles. The summed E-state index contributed by atoms with van der Waals surface area (Å²) in [5, 5.41) is 10.1. The van der Waals surface area contributed by atoms with Crippen molar-refractivity contribution in [3.05, 3.63) is 76.0 Å². The standard InChI is InChI=1S/C29H29N3O3/c1-28(2,3)35-27(34)32-12-10-18(11-13-32)19-7-9-22-21(15-19)25(33)24-20-8-6-17(16-30)14-23(20)31-26(24)29(22,4)5/h6-10,14-15,31H,11-13H2,1-5H3. The van der Waals surface area contributed by atoms with E-state index in [1.807, 2.05) is 39.0 Å². The van der Waals surface area contributed by atoms with E-state index in [0.29, 0.717) is 36.2 Å². The molecule has 35 heavy (non-hydrogen) atoms. The van der Waals surface area contributed by atoms with E-state index >= 15 is 0 Å². The number of hydrogen-bond donors (Lipinski definition) is 1. The lowest BCUT2D eigenvalue weighted by Gasteiger charge is -2.33. The smallest absolute Gasteiger partial charge is 0.410 e. The SMILES string of the molecule is CC(C)(C)OC(=O)N1CC=C(c2ccc3c(c2)C(=O)c2c([nH]c4cc(C#N)ccc24)C3(C)C)CC1. The minimum Gasteiger partial charge on any atom is -0.444 e. The van der Waals surface area contributed by atoms with Crippen LogP contribution < -0.4 is 0 Å². The molecule has 0 unspecified atom stereocenters. The molecule has 5 rings (SSSR count). The van der Waals surface area contributed by atoms with Crippen molar-refractivity contribution in [2.45, 2.75) is 52.1 Å². The third-order valence-electron chi connectivity index (χ3n) is 6.95. The maximum absolute atomic E-state index is 13.8. The highest BCUT2D eigenvalue weighted by molar-refractivity contribution is 6.20. The normalized spacial score (nSPS) is 16.9. The first-order chi connectivity index (χ1) is 16.5. The molecule has 1 aliphatic heterocycles. The Labute approximate surface area is 205 Å². The zero-order chi connectivity index (χ0) is 25.1. The average Bonchev–Trinajstić information content (AvgIpc) is 3.21. The van der Waals surface area contributed by atoms with Crippen LogP contribution >= 0.6 is 0 Å². The Kier molecular flexibility index (Phi) is 5.14. The van der Waals surface area contributed by atoms with Gasteiger partial charge in [-0.1, -0.05) is 38.1 Å². The molecule has 1 N–H and O–H groups in total. The Morgan fingerprint density at radius 3 is 2.60 bits per heavy atom. The molecule has 6 nitrogen and oxygen atoms in total. The zero-order valence-corrected chi connectivity index (χ0v) is 20.8. The van der Waals surface area contributed by atoms with Gasteiger partial charge in [0.15, 0.2) is 5.78 Å². The van der Waals surface area contributed by atoms with Crippen molar-refractivity contribution >= 4 is 28.4 Å². The van der Waals surface area contributed by atoms with Crippen LogP contribution in [-0.4, -0.2) is 40.5 Å². The highest BCUT2D eigenvalue weighted by Gasteiger charge is 2.39. The fourth-order valence-corrected chi connectivity index (χ4v) is 5.14. The van der Waals surface area contributed by atoms with Gasteiger partial charge >= 0.3 is 6.09 Å². The number of hydrogen-bond acceptors (Lipinski definition) is 4. The van der Waals surface area contributed by atoms with E-state index in [0.717, 1.165) is 33.3 Å². The molecule has 0 fully saturated rings. The van der Waals surface area contributed by atoms with Crippen LogP contribution in [0.25, 0.3) is 16.5 Å². The summed E-state index contributed by atoms with van der Waals surface area (Å²) in [5.74, 6) is -0.000997. The molecule has 0 saturated heterocycles. The van der Waals surface area contributed by atoms with Gasteiger partial charge in [0.1, 0.15) is 5.60 Å². The molecule has 2 heterocycles. The van der Waals surface area contributed by atoms with Gasteiger partial charge in [-0.3, -0.25) is 4.79 Å².